The molecule has 0 bridgehead atoms. The summed E-state index contributed by atoms with van der Waals surface area (Å²) in [4.78, 5) is 30.8. The quantitative estimate of drug-likeness (QED) is 0.0636. The first-order valence-electron chi connectivity index (χ1n) is 14.1. The topological polar surface area (TPSA) is 115 Å². The zero-order chi connectivity index (χ0) is 29.8. The summed E-state index contributed by atoms with van der Waals surface area (Å²) in [5.41, 5.74) is 0.574. The molecule has 0 rings (SSSR count). The van der Waals surface area contributed by atoms with Crippen LogP contribution in [0.25, 0.3) is 0 Å². The van der Waals surface area contributed by atoms with Gasteiger partial charge in [0.2, 0.25) is 12.3 Å². The van der Waals surface area contributed by atoms with E-state index in [2.05, 4.69) is 35.7 Å². The Hall–Kier alpha value is -2.33. The Kier molecular flexibility index (Phi) is 39.9. The van der Waals surface area contributed by atoms with Gasteiger partial charge >= 0.3 is 0 Å². The van der Waals surface area contributed by atoms with Crippen LogP contribution >= 0.6 is 0 Å². The van der Waals surface area contributed by atoms with Crippen LogP contribution in [-0.4, -0.2) is 84.4 Å². The van der Waals surface area contributed by atoms with Gasteiger partial charge in [-0.2, -0.15) is 0 Å². The zero-order valence-electron chi connectivity index (χ0n) is 25.0. The molecule has 0 aliphatic carbocycles. The SMILES string of the molecule is C=C(C)C=O.C=CC.C=CC(=O)NCCCOC(CCCCCCCOCCCNC)COCCCNC=O. The number of hydrogen-bond acceptors (Lipinski definition) is 7. The van der Waals surface area contributed by atoms with Crippen LogP contribution in [0.1, 0.15) is 71.6 Å². The van der Waals surface area contributed by atoms with Crippen LogP contribution in [0.15, 0.2) is 37.5 Å². The van der Waals surface area contributed by atoms with E-state index in [0.717, 1.165) is 64.6 Å². The summed E-state index contributed by atoms with van der Waals surface area (Å²) in [6.45, 7) is 19.3. The van der Waals surface area contributed by atoms with E-state index in [4.69, 9.17) is 14.2 Å². The lowest BCUT2D eigenvalue weighted by molar-refractivity contribution is -0.116. The maximum Gasteiger partial charge on any atom is 0.243 e. The highest BCUT2D eigenvalue weighted by Gasteiger charge is 2.09. The fourth-order valence-corrected chi connectivity index (χ4v) is 2.93. The molecule has 1 unspecified atom stereocenters. The molecule has 0 aliphatic rings. The Balaban J connectivity index is -0.00000141. The molecule has 0 aliphatic heterocycles. The highest BCUT2D eigenvalue weighted by molar-refractivity contribution is 5.86. The second kappa shape index (κ2) is 37.8. The van der Waals surface area contributed by atoms with Crippen molar-refractivity contribution in [2.45, 2.75) is 77.7 Å². The summed E-state index contributed by atoms with van der Waals surface area (Å²) < 4.78 is 17.3. The van der Waals surface area contributed by atoms with Crippen LogP contribution in [0.5, 0.6) is 0 Å². The molecule has 9 nitrogen and oxygen atoms in total. The molecule has 0 saturated carbocycles. The molecular weight excluding hydrogens is 498 g/mol. The molecule has 0 fully saturated rings. The van der Waals surface area contributed by atoms with Crippen molar-refractivity contribution in [2.75, 3.05) is 59.7 Å². The van der Waals surface area contributed by atoms with Crippen molar-refractivity contribution >= 4 is 18.6 Å². The molecule has 3 N–H and O–H groups in total. The normalized spacial score (nSPS) is 10.5. The fraction of sp³-hybridized carbons (Fsp3) is 0.700. The number of rotatable bonds is 26. The van der Waals surface area contributed by atoms with Crippen LogP contribution in [-0.2, 0) is 28.6 Å². The highest BCUT2D eigenvalue weighted by Crippen LogP contribution is 2.11. The van der Waals surface area contributed by atoms with Gasteiger partial charge in [0.1, 0.15) is 6.29 Å². The number of aldehydes is 1. The van der Waals surface area contributed by atoms with E-state index in [1.54, 1.807) is 13.0 Å². The number of carbonyl (C=O) groups is 3. The van der Waals surface area contributed by atoms with Crippen LogP contribution < -0.4 is 16.0 Å². The second-order valence-electron chi connectivity index (χ2n) is 8.84. The van der Waals surface area contributed by atoms with Crippen molar-refractivity contribution in [1.29, 1.82) is 0 Å². The largest absolute Gasteiger partial charge is 0.381 e. The van der Waals surface area contributed by atoms with E-state index in [0.29, 0.717) is 44.9 Å². The summed E-state index contributed by atoms with van der Waals surface area (Å²) >= 11 is 0. The Morgan fingerprint density at radius 3 is 2.03 bits per heavy atom. The molecular formula is C30H57N3O6. The Morgan fingerprint density at radius 1 is 0.846 bits per heavy atom. The molecule has 0 spiro atoms. The molecule has 0 heterocycles. The fourth-order valence-electron chi connectivity index (χ4n) is 2.93. The van der Waals surface area contributed by atoms with E-state index < -0.39 is 0 Å². The maximum atomic E-state index is 11.2. The molecule has 9 heteroatoms. The minimum atomic E-state index is -0.160. The third-order valence-electron chi connectivity index (χ3n) is 4.89. The molecule has 1 atom stereocenters. The van der Waals surface area contributed by atoms with Crippen molar-refractivity contribution in [2.24, 2.45) is 0 Å². The van der Waals surface area contributed by atoms with E-state index in [1.165, 1.54) is 25.3 Å². The summed E-state index contributed by atoms with van der Waals surface area (Å²) in [6, 6.07) is 0. The van der Waals surface area contributed by atoms with E-state index in [-0.39, 0.29) is 12.0 Å². The Bertz CT molecular complexity index is 587. The first-order valence-corrected chi connectivity index (χ1v) is 14.1. The molecule has 0 saturated heterocycles. The minimum absolute atomic E-state index is 0.0599. The van der Waals surface area contributed by atoms with Crippen molar-refractivity contribution in [3.05, 3.63) is 37.5 Å². The van der Waals surface area contributed by atoms with Crippen molar-refractivity contribution in [3.63, 3.8) is 0 Å². The molecule has 0 aromatic rings. The van der Waals surface area contributed by atoms with Gasteiger partial charge in [0.05, 0.1) is 12.7 Å². The minimum Gasteiger partial charge on any atom is -0.381 e. The number of nitrogens with one attached hydrogen (secondary N) is 3. The van der Waals surface area contributed by atoms with Crippen LogP contribution in [0.2, 0.25) is 0 Å². The zero-order valence-corrected chi connectivity index (χ0v) is 25.0. The van der Waals surface area contributed by atoms with Gasteiger partial charge in [-0.25, -0.2) is 0 Å². The number of unbranched alkanes of at least 4 members (excludes halogenated alkanes) is 4. The van der Waals surface area contributed by atoms with Crippen molar-refractivity contribution in [3.8, 4) is 0 Å². The summed E-state index contributed by atoms with van der Waals surface area (Å²) in [7, 11) is 1.96. The maximum absolute atomic E-state index is 11.2. The van der Waals surface area contributed by atoms with Gasteiger partial charge in [0.15, 0.2) is 0 Å². The summed E-state index contributed by atoms with van der Waals surface area (Å²) in [6.07, 6.45) is 13.9. The van der Waals surface area contributed by atoms with Gasteiger partial charge in [-0.3, -0.25) is 14.4 Å². The number of carbonyl (C=O) groups excluding carboxylic acids is 3. The predicted octanol–water partition coefficient (Wildman–Crippen LogP) is 4.14. The third kappa shape index (κ3) is 43.0. The third-order valence-corrected chi connectivity index (χ3v) is 4.89. The average Bonchev–Trinajstić information content (AvgIpc) is 2.93. The Labute approximate surface area is 238 Å². The van der Waals surface area contributed by atoms with Gasteiger partial charge in [-0.15, -0.1) is 6.58 Å². The van der Waals surface area contributed by atoms with Crippen LogP contribution in [0.4, 0.5) is 0 Å². The van der Waals surface area contributed by atoms with Gasteiger partial charge in [-0.1, -0.05) is 44.9 Å². The first kappa shape index (κ1) is 41.2. The lowest BCUT2D eigenvalue weighted by Gasteiger charge is -2.18. The van der Waals surface area contributed by atoms with E-state index in [1.807, 2.05) is 14.0 Å². The van der Waals surface area contributed by atoms with Gasteiger partial charge in [-0.05, 0) is 71.2 Å². The molecule has 2 amide bonds. The predicted molar refractivity (Wildman–Crippen MR) is 161 cm³/mol. The van der Waals surface area contributed by atoms with Crippen molar-refractivity contribution < 1.29 is 28.6 Å². The number of amides is 2. The lowest BCUT2D eigenvalue weighted by atomic mass is 10.1. The Morgan fingerprint density at radius 2 is 1.41 bits per heavy atom. The summed E-state index contributed by atoms with van der Waals surface area (Å²) in [5.74, 6) is -0.160. The molecule has 39 heavy (non-hydrogen) atoms. The monoisotopic (exact) mass is 555 g/mol. The standard InChI is InChI=1S/C23H45N3O5.C4H6O.C3H6/c1-3-23(28)26-15-11-19-31-22(20-30-18-10-14-25-21-27)12-7-5-4-6-8-16-29-17-9-13-24-2;1-4(2)3-5;1-3-2/h3,21-22,24H,1,4-20H2,2H3,(H,25,27)(H,26,28);3H,1H2,2H3;3H,1H2,2H3. The van der Waals surface area contributed by atoms with E-state index in [9.17, 15) is 14.4 Å². The first-order chi connectivity index (χ1) is 18.9. The summed E-state index contributed by atoms with van der Waals surface area (Å²) in [5, 5.41) is 8.50. The molecule has 0 radical (unpaired) electrons. The number of hydrogen-bond donors (Lipinski definition) is 3. The van der Waals surface area contributed by atoms with Gasteiger partial charge in [0, 0.05) is 39.5 Å². The molecule has 0 aromatic heterocycles. The van der Waals surface area contributed by atoms with Gasteiger partial charge < -0.3 is 30.2 Å². The average molecular weight is 556 g/mol. The smallest absolute Gasteiger partial charge is 0.243 e. The van der Waals surface area contributed by atoms with Crippen molar-refractivity contribution in [1.82, 2.24) is 16.0 Å². The lowest BCUT2D eigenvalue weighted by Crippen LogP contribution is -2.25. The number of ether oxygens (including phenoxy) is 3. The van der Waals surface area contributed by atoms with Crippen LogP contribution in [0, 0.1) is 0 Å². The van der Waals surface area contributed by atoms with Crippen LogP contribution in [0.3, 0.4) is 0 Å². The molecule has 228 valence electrons. The van der Waals surface area contributed by atoms with E-state index >= 15 is 0 Å². The second-order valence-corrected chi connectivity index (χ2v) is 8.84. The number of allylic oxidation sites excluding steroid dienone is 2. The molecule has 0 aromatic carbocycles. The van der Waals surface area contributed by atoms with Gasteiger partial charge in [0.25, 0.3) is 0 Å². The highest BCUT2D eigenvalue weighted by atomic mass is 16.5.